The first-order chi connectivity index (χ1) is 15.7. The summed E-state index contributed by atoms with van der Waals surface area (Å²) in [5.41, 5.74) is 6.17. The average Bonchev–Trinajstić information content (AvgIpc) is 3.35. The minimum Gasteiger partial charge on any atom is -0.489 e. The Morgan fingerprint density at radius 3 is 2.09 bits per heavy atom. The minimum absolute atomic E-state index is 0.569. The van der Waals surface area contributed by atoms with Crippen molar-refractivity contribution in [3.63, 3.8) is 0 Å². The number of hydrogen-bond donors (Lipinski definition) is 0. The third-order valence-electron chi connectivity index (χ3n) is 5.43. The van der Waals surface area contributed by atoms with Crippen LogP contribution in [0.5, 0.6) is 5.75 Å². The van der Waals surface area contributed by atoms with Gasteiger partial charge in [-0.15, -0.1) is 5.10 Å². The van der Waals surface area contributed by atoms with Gasteiger partial charge in [0.05, 0.1) is 6.20 Å². The summed E-state index contributed by atoms with van der Waals surface area (Å²) in [7, 11) is 0. The van der Waals surface area contributed by atoms with Crippen LogP contribution in [0.3, 0.4) is 0 Å². The molecule has 0 saturated heterocycles. The smallest absolute Gasteiger partial charge is 0.119 e. The molecule has 1 aromatic heterocycles. The summed E-state index contributed by atoms with van der Waals surface area (Å²) < 4.78 is 7.84. The molecule has 0 fully saturated rings. The summed E-state index contributed by atoms with van der Waals surface area (Å²) in [4.78, 5) is 0. The van der Waals surface area contributed by atoms with Crippen LogP contribution in [0.15, 0.2) is 85.2 Å². The van der Waals surface area contributed by atoms with E-state index in [0.717, 1.165) is 37.1 Å². The van der Waals surface area contributed by atoms with Crippen molar-refractivity contribution in [1.82, 2.24) is 15.0 Å². The normalized spacial score (nSPS) is 11.2. The number of ether oxygens (including phenoxy) is 1. The van der Waals surface area contributed by atoms with Crippen LogP contribution in [0.1, 0.15) is 40.7 Å². The zero-order valence-electron chi connectivity index (χ0n) is 18.5. The van der Waals surface area contributed by atoms with Gasteiger partial charge < -0.3 is 4.74 Å². The van der Waals surface area contributed by atoms with Crippen LogP contribution in [-0.4, -0.2) is 15.0 Å². The molecule has 32 heavy (non-hydrogen) atoms. The number of hydrogen-bond acceptors (Lipinski definition) is 3. The fourth-order valence-electron chi connectivity index (χ4n) is 3.47. The van der Waals surface area contributed by atoms with Crippen molar-refractivity contribution in [1.29, 1.82) is 0 Å². The number of unbranched alkanes of at least 4 members (excludes halogenated alkanes) is 1. The second kappa shape index (κ2) is 11.1. The van der Waals surface area contributed by atoms with Crippen molar-refractivity contribution >= 4 is 12.2 Å². The summed E-state index contributed by atoms with van der Waals surface area (Å²) in [6.07, 6.45) is 11.2. The second-order valence-corrected chi connectivity index (χ2v) is 8.04. The standard InChI is InChI=1S/C28H29N3O/c1-23-5-7-25(8-6-23)9-10-26-11-13-27(14-12-26)22-32-28-17-15-24(16-18-28)4-2-3-20-31-21-19-29-30-31/h5-19,21H,2-4,20,22H2,1H3/b10-9+. The van der Waals surface area contributed by atoms with Crippen molar-refractivity contribution in [2.45, 2.75) is 39.3 Å². The minimum atomic E-state index is 0.569. The fourth-order valence-corrected chi connectivity index (χ4v) is 3.47. The monoisotopic (exact) mass is 423 g/mol. The third kappa shape index (κ3) is 6.67. The van der Waals surface area contributed by atoms with Crippen molar-refractivity contribution in [3.8, 4) is 5.75 Å². The highest BCUT2D eigenvalue weighted by Gasteiger charge is 1.99. The Morgan fingerprint density at radius 2 is 1.44 bits per heavy atom. The molecule has 0 radical (unpaired) electrons. The Hall–Kier alpha value is -3.66. The summed E-state index contributed by atoms with van der Waals surface area (Å²) in [6.45, 7) is 3.59. The lowest BCUT2D eigenvalue weighted by Gasteiger charge is -2.08. The van der Waals surface area contributed by atoms with Gasteiger partial charge >= 0.3 is 0 Å². The lowest BCUT2D eigenvalue weighted by Crippen LogP contribution is -1.99. The first-order valence-corrected chi connectivity index (χ1v) is 11.1. The first-order valence-electron chi connectivity index (χ1n) is 11.1. The van der Waals surface area contributed by atoms with Crippen molar-refractivity contribution < 1.29 is 4.74 Å². The van der Waals surface area contributed by atoms with Crippen molar-refractivity contribution in [3.05, 3.63) is 113 Å². The van der Waals surface area contributed by atoms with E-state index in [1.165, 1.54) is 22.3 Å². The molecule has 0 amide bonds. The van der Waals surface area contributed by atoms with E-state index in [1.807, 2.05) is 10.9 Å². The first kappa shape index (κ1) is 21.6. The van der Waals surface area contributed by atoms with E-state index in [2.05, 4.69) is 102 Å². The number of nitrogens with zero attached hydrogens (tertiary/aromatic N) is 3. The molecule has 0 aliphatic heterocycles. The molecule has 1 heterocycles. The molecule has 0 atom stereocenters. The van der Waals surface area contributed by atoms with Crippen LogP contribution in [0, 0.1) is 6.92 Å². The molecule has 0 N–H and O–H groups in total. The Balaban J connectivity index is 1.20. The van der Waals surface area contributed by atoms with E-state index in [9.17, 15) is 0 Å². The van der Waals surface area contributed by atoms with Crippen LogP contribution in [0.4, 0.5) is 0 Å². The molecule has 0 aliphatic rings. The summed E-state index contributed by atoms with van der Waals surface area (Å²) >= 11 is 0. The number of benzene rings is 3. The SMILES string of the molecule is Cc1ccc(/C=C/c2ccc(COc3ccc(CCCCn4ccnn4)cc3)cc2)cc1. The zero-order chi connectivity index (χ0) is 22.0. The van der Waals surface area contributed by atoms with E-state index >= 15 is 0 Å². The molecule has 4 nitrogen and oxygen atoms in total. The number of aryl methyl sites for hydroxylation is 3. The van der Waals surface area contributed by atoms with Crippen LogP contribution in [0.25, 0.3) is 12.2 Å². The van der Waals surface area contributed by atoms with Crippen LogP contribution >= 0.6 is 0 Å². The Kier molecular flexibility index (Phi) is 7.48. The number of aromatic nitrogens is 3. The molecule has 4 heteroatoms. The molecule has 3 aromatic carbocycles. The highest BCUT2D eigenvalue weighted by molar-refractivity contribution is 5.69. The van der Waals surface area contributed by atoms with Gasteiger partial charge in [0.15, 0.2) is 0 Å². The molecule has 4 rings (SSSR count). The van der Waals surface area contributed by atoms with E-state index in [1.54, 1.807) is 6.20 Å². The zero-order valence-corrected chi connectivity index (χ0v) is 18.5. The third-order valence-corrected chi connectivity index (χ3v) is 5.43. The van der Waals surface area contributed by atoms with E-state index in [4.69, 9.17) is 4.74 Å². The highest BCUT2D eigenvalue weighted by atomic mass is 16.5. The molecule has 0 saturated carbocycles. The van der Waals surface area contributed by atoms with Crippen LogP contribution in [0.2, 0.25) is 0 Å². The molecule has 4 aromatic rings. The lowest BCUT2D eigenvalue weighted by atomic mass is 10.1. The maximum atomic E-state index is 5.97. The predicted octanol–water partition coefficient (Wildman–Crippen LogP) is 6.36. The molecule has 162 valence electrons. The van der Waals surface area contributed by atoms with Crippen LogP contribution in [-0.2, 0) is 19.6 Å². The van der Waals surface area contributed by atoms with Crippen molar-refractivity contribution in [2.75, 3.05) is 0 Å². The Labute approximate surface area is 190 Å². The Morgan fingerprint density at radius 1 is 0.781 bits per heavy atom. The van der Waals surface area contributed by atoms with Gasteiger partial charge in [-0.05, 0) is 60.6 Å². The highest BCUT2D eigenvalue weighted by Crippen LogP contribution is 2.17. The Bertz CT molecular complexity index is 1100. The van der Waals surface area contributed by atoms with Gasteiger partial charge in [-0.25, -0.2) is 0 Å². The molecule has 0 aliphatic carbocycles. The van der Waals surface area contributed by atoms with E-state index < -0.39 is 0 Å². The average molecular weight is 424 g/mol. The van der Waals surface area contributed by atoms with Gasteiger partial charge in [-0.1, -0.05) is 83.6 Å². The fraction of sp³-hybridized carbons (Fsp3) is 0.214. The molecular weight excluding hydrogens is 394 g/mol. The molecule has 0 unspecified atom stereocenters. The quantitative estimate of drug-likeness (QED) is 0.220. The molecule has 0 bridgehead atoms. The van der Waals surface area contributed by atoms with Gasteiger partial charge in [0.1, 0.15) is 12.4 Å². The van der Waals surface area contributed by atoms with Crippen molar-refractivity contribution in [2.24, 2.45) is 0 Å². The van der Waals surface area contributed by atoms with Crippen LogP contribution < -0.4 is 4.74 Å². The summed E-state index contributed by atoms with van der Waals surface area (Å²) in [5.74, 6) is 0.903. The van der Waals surface area contributed by atoms with Gasteiger partial charge in [0, 0.05) is 12.7 Å². The summed E-state index contributed by atoms with van der Waals surface area (Å²) in [6, 6.07) is 25.5. The topological polar surface area (TPSA) is 39.9 Å². The second-order valence-electron chi connectivity index (χ2n) is 8.04. The predicted molar refractivity (Wildman–Crippen MR) is 130 cm³/mol. The van der Waals surface area contributed by atoms with E-state index in [-0.39, 0.29) is 0 Å². The lowest BCUT2D eigenvalue weighted by molar-refractivity contribution is 0.306. The van der Waals surface area contributed by atoms with E-state index in [0.29, 0.717) is 6.61 Å². The van der Waals surface area contributed by atoms with Gasteiger partial charge in [-0.3, -0.25) is 4.68 Å². The van der Waals surface area contributed by atoms with Gasteiger partial charge in [0.2, 0.25) is 0 Å². The van der Waals surface area contributed by atoms with Gasteiger partial charge in [0.25, 0.3) is 0 Å². The largest absolute Gasteiger partial charge is 0.489 e. The summed E-state index contributed by atoms with van der Waals surface area (Å²) in [5, 5.41) is 7.82. The maximum Gasteiger partial charge on any atom is 0.119 e. The molecular formula is C28H29N3O. The van der Waals surface area contributed by atoms with Gasteiger partial charge in [-0.2, -0.15) is 0 Å². The maximum absolute atomic E-state index is 5.97. The molecule has 0 spiro atoms. The number of rotatable bonds is 10.